The number of carbonyl (C=O) groups excluding carboxylic acids is 1. The number of hydrogen-bond donors (Lipinski definition) is 2. The standard InChI is InChI=1S/C21H23N3O2S2/c1-12-6-7-14(13(2)8-12)9-22-18(25)11-27-10-17-23-20(26)19-15-4-3-5-16(15)28-21(19)24-17/h6-8H,3-5,9-11H2,1-2H3,(H,22,25)(H,23,24,26). The monoisotopic (exact) mass is 413 g/mol. The van der Waals surface area contributed by atoms with Gasteiger partial charge in [0.2, 0.25) is 5.91 Å². The van der Waals surface area contributed by atoms with Gasteiger partial charge in [-0.15, -0.1) is 23.1 Å². The van der Waals surface area contributed by atoms with Crippen molar-refractivity contribution in [3.63, 3.8) is 0 Å². The molecule has 7 heteroatoms. The highest BCUT2D eigenvalue weighted by atomic mass is 32.2. The van der Waals surface area contributed by atoms with Crippen molar-refractivity contribution in [2.45, 2.75) is 45.4 Å². The Bertz CT molecular complexity index is 1100. The highest BCUT2D eigenvalue weighted by molar-refractivity contribution is 7.99. The zero-order valence-electron chi connectivity index (χ0n) is 16.1. The molecule has 0 saturated heterocycles. The maximum Gasteiger partial charge on any atom is 0.259 e. The SMILES string of the molecule is Cc1ccc(CNC(=O)CSCc2nc3sc4c(c3c(=O)[nH]2)CCC4)c(C)c1. The Morgan fingerprint density at radius 1 is 1.32 bits per heavy atom. The number of aryl methyl sites for hydroxylation is 4. The number of aromatic amines is 1. The molecule has 0 aliphatic heterocycles. The Morgan fingerprint density at radius 2 is 2.18 bits per heavy atom. The van der Waals surface area contributed by atoms with E-state index in [-0.39, 0.29) is 11.5 Å². The van der Waals surface area contributed by atoms with Gasteiger partial charge in [-0.2, -0.15) is 0 Å². The van der Waals surface area contributed by atoms with Gasteiger partial charge >= 0.3 is 0 Å². The molecule has 1 aliphatic carbocycles. The van der Waals surface area contributed by atoms with Gasteiger partial charge in [-0.25, -0.2) is 4.98 Å². The molecule has 0 atom stereocenters. The van der Waals surface area contributed by atoms with Crippen molar-refractivity contribution in [2.24, 2.45) is 0 Å². The number of nitrogens with zero attached hydrogens (tertiary/aromatic N) is 1. The fourth-order valence-electron chi connectivity index (χ4n) is 3.64. The quantitative estimate of drug-likeness (QED) is 0.647. The molecule has 2 N–H and O–H groups in total. The minimum Gasteiger partial charge on any atom is -0.351 e. The van der Waals surface area contributed by atoms with E-state index < -0.39 is 0 Å². The minimum atomic E-state index is -0.0423. The van der Waals surface area contributed by atoms with Crippen molar-refractivity contribution < 1.29 is 4.79 Å². The fourth-order valence-corrected chi connectivity index (χ4v) is 5.65. The van der Waals surface area contributed by atoms with Gasteiger partial charge in [-0.1, -0.05) is 23.8 Å². The highest BCUT2D eigenvalue weighted by Crippen LogP contribution is 2.34. The zero-order valence-corrected chi connectivity index (χ0v) is 17.7. The third kappa shape index (κ3) is 4.00. The van der Waals surface area contributed by atoms with Gasteiger partial charge < -0.3 is 10.3 Å². The van der Waals surface area contributed by atoms with Crippen LogP contribution in [0.4, 0.5) is 0 Å². The molecule has 1 aliphatic rings. The molecule has 28 heavy (non-hydrogen) atoms. The van der Waals surface area contributed by atoms with Gasteiger partial charge in [0.25, 0.3) is 5.56 Å². The Balaban J connectivity index is 1.32. The number of benzene rings is 1. The molecule has 2 heterocycles. The van der Waals surface area contributed by atoms with Crippen LogP contribution in [0.1, 0.15) is 39.4 Å². The van der Waals surface area contributed by atoms with Gasteiger partial charge in [-0.05, 0) is 49.8 Å². The smallest absolute Gasteiger partial charge is 0.259 e. The van der Waals surface area contributed by atoms with Gasteiger partial charge in [0, 0.05) is 11.4 Å². The fraction of sp³-hybridized carbons (Fsp3) is 0.381. The number of nitrogens with one attached hydrogen (secondary N) is 2. The summed E-state index contributed by atoms with van der Waals surface area (Å²) in [4.78, 5) is 34.3. The van der Waals surface area contributed by atoms with Crippen LogP contribution < -0.4 is 10.9 Å². The first-order valence-corrected chi connectivity index (χ1v) is 11.4. The van der Waals surface area contributed by atoms with Gasteiger partial charge in [0.05, 0.1) is 16.9 Å². The number of thioether (sulfide) groups is 1. The summed E-state index contributed by atoms with van der Waals surface area (Å²) in [6.07, 6.45) is 3.17. The number of thiophene rings is 1. The third-order valence-electron chi connectivity index (χ3n) is 5.07. The van der Waals surface area contributed by atoms with Crippen LogP contribution in [0.5, 0.6) is 0 Å². The van der Waals surface area contributed by atoms with E-state index in [9.17, 15) is 9.59 Å². The maximum absolute atomic E-state index is 12.5. The van der Waals surface area contributed by atoms with Crippen LogP contribution in [-0.4, -0.2) is 21.6 Å². The summed E-state index contributed by atoms with van der Waals surface area (Å²) in [5.41, 5.74) is 4.69. The van der Waals surface area contributed by atoms with Crippen molar-refractivity contribution in [1.82, 2.24) is 15.3 Å². The van der Waals surface area contributed by atoms with Crippen molar-refractivity contribution in [1.29, 1.82) is 0 Å². The summed E-state index contributed by atoms with van der Waals surface area (Å²) in [5, 5.41) is 3.74. The van der Waals surface area contributed by atoms with E-state index in [1.54, 1.807) is 11.3 Å². The Hall–Kier alpha value is -2.12. The van der Waals surface area contributed by atoms with Gasteiger partial charge in [0.15, 0.2) is 0 Å². The Labute approximate surface area is 172 Å². The normalized spacial score (nSPS) is 13.1. The number of fused-ring (bicyclic) bond motifs is 3. The molecule has 5 nitrogen and oxygen atoms in total. The van der Waals surface area contributed by atoms with Crippen LogP contribution in [0.2, 0.25) is 0 Å². The molecule has 0 radical (unpaired) electrons. The first-order valence-electron chi connectivity index (χ1n) is 9.45. The number of aromatic nitrogens is 2. The second-order valence-corrected chi connectivity index (χ2v) is 9.32. The van der Waals surface area contributed by atoms with E-state index in [0.29, 0.717) is 23.9 Å². The molecule has 146 valence electrons. The minimum absolute atomic E-state index is 0.0106. The number of carbonyl (C=O) groups is 1. The average Bonchev–Trinajstić information content (AvgIpc) is 3.21. The number of H-pyrrole nitrogens is 1. The molecule has 4 rings (SSSR count). The molecule has 0 unspecified atom stereocenters. The summed E-state index contributed by atoms with van der Waals surface area (Å²) in [6, 6.07) is 6.23. The molecule has 0 saturated carbocycles. The molecule has 0 bridgehead atoms. The second kappa shape index (κ2) is 8.09. The lowest BCUT2D eigenvalue weighted by molar-refractivity contribution is -0.118. The van der Waals surface area contributed by atoms with E-state index in [2.05, 4.69) is 47.3 Å². The molecular formula is C21H23N3O2S2. The van der Waals surface area contributed by atoms with E-state index >= 15 is 0 Å². The first kappa shape index (κ1) is 19.2. The van der Waals surface area contributed by atoms with Crippen LogP contribution in [0.15, 0.2) is 23.0 Å². The van der Waals surface area contributed by atoms with Crippen LogP contribution in [0.25, 0.3) is 10.2 Å². The lowest BCUT2D eigenvalue weighted by Crippen LogP contribution is -2.25. The van der Waals surface area contributed by atoms with Crippen LogP contribution in [-0.2, 0) is 29.9 Å². The van der Waals surface area contributed by atoms with E-state index in [0.717, 1.165) is 35.0 Å². The molecular weight excluding hydrogens is 390 g/mol. The van der Waals surface area contributed by atoms with Crippen molar-refractivity contribution >= 4 is 39.2 Å². The molecule has 2 aromatic heterocycles. The Kier molecular flexibility index (Phi) is 5.55. The zero-order chi connectivity index (χ0) is 19.7. The number of rotatable bonds is 6. The Morgan fingerprint density at radius 3 is 3.00 bits per heavy atom. The van der Waals surface area contributed by atoms with Crippen LogP contribution >= 0.6 is 23.1 Å². The van der Waals surface area contributed by atoms with E-state index in [1.165, 1.54) is 33.3 Å². The predicted octanol–water partition coefficient (Wildman–Crippen LogP) is 3.64. The third-order valence-corrected chi connectivity index (χ3v) is 7.20. The average molecular weight is 414 g/mol. The number of amides is 1. The molecule has 3 aromatic rings. The largest absolute Gasteiger partial charge is 0.351 e. The van der Waals surface area contributed by atoms with Gasteiger partial charge in [0.1, 0.15) is 10.7 Å². The van der Waals surface area contributed by atoms with Crippen molar-refractivity contribution in [3.05, 3.63) is 61.5 Å². The summed E-state index contributed by atoms with van der Waals surface area (Å²) < 4.78 is 0. The van der Waals surface area contributed by atoms with E-state index in [1.807, 2.05) is 0 Å². The highest BCUT2D eigenvalue weighted by Gasteiger charge is 2.21. The predicted molar refractivity (Wildman–Crippen MR) is 116 cm³/mol. The first-order chi connectivity index (χ1) is 13.5. The summed E-state index contributed by atoms with van der Waals surface area (Å²) in [6.45, 7) is 4.65. The molecule has 0 spiro atoms. The lowest BCUT2D eigenvalue weighted by Gasteiger charge is -2.09. The van der Waals surface area contributed by atoms with E-state index in [4.69, 9.17) is 0 Å². The number of hydrogen-bond acceptors (Lipinski definition) is 5. The maximum atomic E-state index is 12.5. The van der Waals surface area contributed by atoms with Crippen molar-refractivity contribution in [2.75, 3.05) is 5.75 Å². The van der Waals surface area contributed by atoms with Crippen molar-refractivity contribution in [3.8, 4) is 0 Å². The molecule has 0 fully saturated rings. The van der Waals surface area contributed by atoms with Gasteiger partial charge in [-0.3, -0.25) is 9.59 Å². The molecule has 1 amide bonds. The summed E-state index contributed by atoms with van der Waals surface area (Å²) >= 11 is 3.11. The topological polar surface area (TPSA) is 74.8 Å². The molecule has 1 aromatic carbocycles. The lowest BCUT2D eigenvalue weighted by atomic mass is 10.1. The van der Waals surface area contributed by atoms with Crippen LogP contribution in [0.3, 0.4) is 0 Å². The summed E-state index contributed by atoms with van der Waals surface area (Å²) in [7, 11) is 0. The summed E-state index contributed by atoms with van der Waals surface area (Å²) in [5.74, 6) is 1.49. The second-order valence-electron chi connectivity index (χ2n) is 7.25. The van der Waals surface area contributed by atoms with Crippen LogP contribution in [0, 0.1) is 13.8 Å².